The lowest BCUT2D eigenvalue weighted by Gasteiger charge is -2.06. The molecule has 0 bridgehead atoms. The Bertz CT molecular complexity index is 601. The van der Waals surface area contributed by atoms with E-state index in [2.05, 4.69) is 10.2 Å². The lowest BCUT2D eigenvalue weighted by molar-refractivity contribution is -0.137. The van der Waals surface area contributed by atoms with Gasteiger partial charge in [-0.15, -0.1) is 4.91 Å². The Labute approximate surface area is 100 Å². The lowest BCUT2D eigenvalue weighted by atomic mass is 10.1. The Morgan fingerprint density at radius 1 is 1.39 bits per heavy atom. The van der Waals surface area contributed by atoms with Gasteiger partial charge in [-0.2, -0.15) is 13.2 Å². The van der Waals surface area contributed by atoms with Crippen LogP contribution < -0.4 is 0 Å². The van der Waals surface area contributed by atoms with Crippen LogP contribution in [0.25, 0.3) is 5.65 Å². The smallest absolute Gasteiger partial charge is 0.281 e. The van der Waals surface area contributed by atoms with E-state index in [9.17, 15) is 18.1 Å². The Morgan fingerprint density at radius 2 is 2.06 bits per heavy atom. The molecule has 18 heavy (non-hydrogen) atoms. The molecule has 0 aliphatic heterocycles. The van der Waals surface area contributed by atoms with Crippen LogP contribution in [-0.2, 0) is 6.18 Å². The van der Waals surface area contributed by atoms with Gasteiger partial charge in [0, 0.05) is 6.20 Å². The minimum atomic E-state index is -4.43. The number of nitroso groups, excluding NO2 is 1. The number of fused-ring (bicyclic) bond motifs is 1. The van der Waals surface area contributed by atoms with Gasteiger partial charge < -0.3 is 0 Å². The monoisotopic (exact) mass is 257 g/mol. The minimum absolute atomic E-state index is 0.0497. The molecule has 2 aromatic heterocycles. The van der Waals surface area contributed by atoms with E-state index in [1.165, 1.54) is 4.40 Å². The molecule has 0 aliphatic rings. The van der Waals surface area contributed by atoms with Gasteiger partial charge >= 0.3 is 6.18 Å². The molecule has 0 aromatic carbocycles. The number of hydrogen-bond donors (Lipinski definition) is 0. The Hall–Kier alpha value is -1.92. The summed E-state index contributed by atoms with van der Waals surface area (Å²) in [6, 6.07) is 1.80. The third kappa shape index (κ3) is 1.96. The first kappa shape index (κ1) is 12.5. The van der Waals surface area contributed by atoms with Crippen molar-refractivity contribution in [2.45, 2.75) is 25.9 Å². The molecule has 0 spiro atoms. The van der Waals surface area contributed by atoms with Crippen LogP contribution in [0, 0.1) is 4.91 Å². The first-order valence-electron chi connectivity index (χ1n) is 5.27. The number of pyridine rings is 1. The van der Waals surface area contributed by atoms with Crippen molar-refractivity contribution in [3.05, 3.63) is 34.5 Å². The van der Waals surface area contributed by atoms with Gasteiger partial charge in [0.25, 0.3) is 0 Å². The van der Waals surface area contributed by atoms with Crippen LogP contribution in [0.15, 0.2) is 23.5 Å². The SMILES string of the molecule is CC(C)c1nc2cc(C(F)(F)F)ccn2c1N=O. The highest BCUT2D eigenvalue weighted by Crippen LogP contribution is 2.32. The van der Waals surface area contributed by atoms with E-state index >= 15 is 0 Å². The van der Waals surface area contributed by atoms with Gasteiger partial charge in [0.1, 0.15) is 5.65 Å². The van der Waals surface area contributed by atoms with Crippen molar-refractivity contribution in [3.8, 4) is 0 Å². The van der Waals surface area contributed by atoms with Gasteiger partial charge in [-0.25, -0.2) is 4.98 Å². The molecule has 0 aliphatic carbocycles. The fraction of sp³-hybridized carbons (Fsp3) is 0.364. The van der Waals surface area contributed by atoms with Crippen molar-refractivity contribution in [2.75, 3.05) is 0 Å². The average molecular weight is 257 g/mol. The zero-order valence-corrected chi connectivity index (χ0v) is 9.69. The van der Waals surface area contributed by atoms with Crippen LogP contribution in [0.1, 0.15) is 31.0 Å². The Kier molecular flexibility index (Phi) is 2.84. The summed E-state index contributed by atoms with van der Waals surface area (Å²) in [6.45, 7) is 3.59. The molecule has 0 unspecified atom stereocenters. The first-order valence-corrected chi connectivity index (χ1v) is 5.27. The summed E-state index contributed by atoms with van der Waals surface area (Å²) in [4.78, 5) is 14.8. The second-order valence-electron chi connectivity index (χ2n) is 4.21. The summed E-state index contributed by atoms with van der Waals surface area (Å²) in [5, 5.41) is 2.84. The summed E-state index contributed by atoms with van der Waals surface area (Å²) in [6.07, 6.45) is -3.27. The number of hydrogen-bond acceptors (Lipinski definition) is 3. The van der Waals surface area contributed by atoms with Crippen molar-refractivity contribution >= 4 is 11.5 Å². The maximum atomic E-state index is 12.5. The van der Waals surface area contributed by atoms with Gasteiger partial charge in [-0.3, -0.25) is 4.40 Å². The zero-order chi connectivity index (χ0) is 13.5. The van der Waals surface area contributed by atoms with Crippen LogP contribution >= 0.6 is 0 Å². The van der Waals surface area contributed by atoms with Crippen LogP contribution in [0.2, 0.25) is 0 Å². The lowest BCUT2D eigenvalue weighted by Crippen LogP contribution is -2.05. The van der Waals surface area contributed by atoms with Gasteiger partial charge in [0.15, 0.2) is 0 Å². The topological polar surface area (TPSA) is 46.7 Å². The molecule has 0 atom stereocenters. The molecule has 2 rings (SSSR count). The Morgan fingerprint density at radius 3 is 2.56 bits per heavy atom. The number of rotatable bonds is 2. The third-order valence-electron chi connectivity index (χ3n) is 2.59. The average Bonchev–Trinajstić information content (AvgIpc) is 2.65. The second-order valence-corrected chi connectivity index (χ2v) is 4.21. The van der Waals surface area contributed by atoms with E-state index in [4.69, 9.17) is 0 Å². The molecular formula is C11H10F3N3O. The summed E-state index contributed by atoms with van der Waals surface area (Å²) < 4.78 is 38.9. The van der Waals surface area contributed by atoms with Crippen LogP contribution in [0.5, 0.6) is 0 Å². The normalized spacial score (nSPS) is 12.3. The highest BCUT2D eigenvalue weighted by atomic mass is 19.4. The van der Waals surface area contributed by atoms with Gasteiger partial charge in [0.2, 0.25) is 5.82 Å². The highest BCUT2D eigenvalue weighted by Gasteiger charge is 2.31. The summed E-state index contributed by atoms with van der Waals surface area (Å²) in [5.41, 5.74) is -0.333. The van der Waals surface area contributed by atoms with Crippen molar-refractivity contribution < 1.29 is 13.2 Å². The van der Waals surface area contributed by atoms with Crippen LogP contribution in [0.4, 0.5) is 19.0 Å². The molecule has 7 heteroatoms. The molecule has 96 valence electrons. The first-order chi connectivity index (χ1) is 8.34. The Balaban J connectivity index is 2.69. The standard InChI is InChI=1S/C11H10F3N3O/c1-6(2)9-10(16-18)17-4-3-7(11(12,13)14)5-8(17)15-9/h3-6H,1-2H3. The van der Waals surface area contributed by atoms with Crippen molar-refractivity contribution in [2.24, 2.45) is 5.18 Å². The van der Waals surface area contributed by atoms with E-state index in [-0.39, 0.29) is 17.4 Å². The zero-order valence-electron chi connectivity index (χ0n) is 9.69. The summed E-state index contributed by atoms with van der Waals surface area (Å²) >= 11 is 0. The highest BCUT2D eigenvalue weighted by molar-refractivity contribution is 5.54. The van der Waals surface area contributed by atoms with Gasteiger partial charge in [-0.1, -0.05) is 13.8 Å². The predicted octanol–water partition coefficient (Wildman–Crippen LogP) is 3.87. The summed E-state index contributed by atoms with van der Waals surface area (Å²) in [5.74, 6) is -0.0411. The number of alkyl halides is 3. The molecular weight excluding hydrogens is 247 g/mol. The molecule has 0 radical (unpaired) electrons. The largest absolute Gasteiger partial charge is 0.416 e. The summed E-state index contributed by atoms with van der Waals surface area (Å²) in [7, 11) is 0. The van der Waals surface area contributed by atoms with E-state index in [0.29, 0.717) is 5.69 Å². The fourth-order valence-electron chi connectivity index (χ4n) is 1.70. The van der Waals surface area contributed by atoms with Crippen molar-refractivity contribution in [1.82, 2.24) is 9.38 Å². The molecule has 2 heterocycles. The fourth-order valence-corrected chi connectivity index (χ4v) is 1.70. The van der Waals surface area contributed by atoms with E-state index in [1.54, 1.807) is 13.8 Å². The quantitative estimate of drug-likeness (QED) is 0.766. The molecule has 0 amide bonds. The molecule has 0 fully saturated rings. The molecule has 4 nitrogen and oxygen atoms in total. The van der Waals surface area contributed by atoms with E-state index in [0.717, 1.165) is 18.3 Å². The second kappa shape index (κ2) is 4.08. The van der Waals surface area contributed by atoms with Crippen molar-refractivity contribution in [3.63, 3.8) is 0 Å². The number of halogens is 3. The number of nitrogens with zero attached hydrogens (tertiary/aromatic N) is 3. The van der Waals surface area contributed by atoms with E-state index in [1.807, 2.05) is 0 Å². The molecule has 0 saturated heterocycles. The van der Waals surface area contributed by atoms with Crippen LogP contribution in [-0.4, -0.2) is 9.38 Å². The molecule has 0 saturated carbocycles. The maximum Gasteiger partial charge on any atom is 0.416 e. The minimum Gasteiger partial charge on any atom is -0.281 e. The number of imidazole rings is 1. The van der Waals surface area contributed by atoms with Gasteiger partial charge in [0.05, 0.1) is 11.3 Å². The van der Waals surface area contributed by atoms with Crippen LogP contribution in [0.3, 0.4) is 0 Å². The van der Waals surface area contributed by atoms with E-state index < -0.39 is 11.7 Å². The van der Waals surface area contributed by atoms with Gasteiger partial charge in [-0.05, 0) is 23.2 Å². The number of aromatic nitrogens is 2. The predicted molar refractivity (Wildman–Crippen MR) is 59.7 cm³/mol. The third-order valence-corrected chi connectivity index (χ3v) is 2.59. The molecule has 2 aromatic rings. The maximum absolute atomic E-state index is 12.5. The molecule has 0 N–H and O–H groups in total. The van der Waals surface area contributed by atoms with Crippen molar-refractivity contribution in [1.29, 1.82) is 0 Å².